The fraction of sp³-hybridized carbons (Fsp3) is 0.600. The number of hydrogen-bond donors (Lipinski definition) is 1. The highest BCUT2D eigenvalue weighted by Crippen LogP contribution is 2.37. The minimum Gasteiger partial charge on any atom is -0.462 e. The number of carbonyl (C=O) groups excluding carboxylic acids is 2. The Bertz CT molecular complexity index is 540. The van der Waals surface area contributed by atoms with Crippen LogP contribution >= 0.6 is 0 Å². The number of carbonyl (C=O) groups is 2. The van der Waals surface area contributed by atoms with E-state index in [1.807, 2.05) is 37.3 Å². The molecule has 1 aliphatic carbocycles. The summed E-state index contributed by atoms with van der Waals surface area (Å²) in [6, 6.07) is 9.66. The van der Waals surface area contributed by atoms with Gasteiger partial charge in [-0.05, 0) is 24.8 Å². The zero-order valence-corrected chi connectivity index (χ0v) is 14.6. The Balaban J connectivity index is 1.82. The molecule has 4 heteroatoms. The summed E-state index contributed by atoms with van der Waals surface area (Å²) in [5.41, 5.74) is 0.942. The van der Waals surface area contributed by atoms with Gasteiger partial charge in [-0.15, -0.1) is 0 Å². The number of ether oxygens (including phenoxy) is 1. The van der Waals surface area contributed by atoms with Crippen LogP contribution in [0.5, 0.6) is 0 Å². The molecule has 0 amide bonds. The molecule has 1 saturated carbocycles. The molecule has 1 unspecified atom stereocenters. The average Bonchev–Trinajstić information content (AvgIpc) is 2.86. The molecule has 1 aromatic carbocycles. The van der Waals surface area contributed by atoms with Crippen LogP contribution in [0.15, 0.2) is 30.3 Å². The van der Waals surface area contributed by atoms with E-state index in [4.69, 9.17) is 4.74 Å². The monoisotopic (exact) mass is 332 g/mol. The highest BCUT2D eigenvalue weighted by Gasteiger charge is 2.42. The van der Waals surface area contributed by atoms with Crippen LogP contribution in [0.1, 0.15) is 64.0 Å². The van der Waals surface area contributed by atoms with E-state index in [0.29, 0.717) is 12.8 Å². The quantitative estimate of drug-likeness (QED) is 0.580. The molecular formula is C20H28O4. The van der Waals surface area contributed by atoms with Crippen LogP contribution < -0.4 is 0 Å². The Kier molecular flexibility index (Phi) is 6.98. The third-order valence-electron chi connectivity index (χ3n) is 5.02. The molecule has 1 N–H and O–H groups in total. The molecule has 24 heavy (non-hydrogen) atoms. The third kappa shape index (κ3) is 4.91. The first kappa shape index (κ1) is 18.7. The van der Waals surface area contributed by atoms with Gasteiger partial charge in [0.1, 0.15) is 11.9 Å². The number of hydrogen-bond acceptors (Lipinski definition) is 4. The molecule has 1 aliphatic rings. The number of benzene rings is 1. The van der Waals surface area contributed by atoms with Crippen molar-refractivity contribution in [3.8, 4) is 0 Å². The first-order valence-electron chi connectivity index (χ1n) is 8.95. The average molecular weight is 332 g/mol. The normalized spacial score (nSPS) is 24.8. The predicted molar refractivity (Wildman–Crippen MR) is 92.3 cm³/mol. The van der Waals surface area contributed by atoms with Crippen molar-refractivity contribution in [2.75, 3.05) is 0 Å². The first-order valence-corrected chi connectivity index (χ1v) is 8.95. The van der Waals surface area contributed by atoms with Gasteiger partial charge < -0.3 is 9.84 Å². The van der Waals surface area contributed by atoms with Crippen molar-refractivity contribution >= 4 is 11.8 Å². The maximum absolute atomic E-state index is 12.1. The Hall–Kier alpha value is -1.68. The predicted octanol–water partition coefficient (Wildman–Crippen LogP) is 3.83. The fourth-order valence-corrected chi connectivity index (χ4v) is 3.82. The standard InChI is InChI=1S/C20H28O4/c1-3-16-17(20(13-19(16)23)24-14(2)21)11-7-8-12-18(22)15-9-5-4-6-10-15/h4-6,9-10,16-18,20,22H,3,7-8,11-13H2,1-2H3/t16-,17-,18?,20-/m1/s1. The van der Waals surface area contributed by atoms with Gasteiger partial charge in [-0.3, -0.25) is 9.59 Å². The van der Waals surface area contributed by atoms with Crippen LogP contribution in [0.4, 0.5) is 0 Å². The molecule has 0 spiro atoms. The minimum atomic E-state index is -0.442. The van der Waals surface area contributed by atoms with Crippen molar-refractivity contribution in [2.45, 2.75) is 64.6 Å². The van der Waals surface area contributed by atoms with Gasteiger partial charge in [0.2, 0.25) is 0 Å². The van der Waals surface area contributed by atoms with Crippen LogP contribution in [0, 0.1) is 11.8 Å². The van der Waals surface area contributed by atoms with Crippen molar-refractivity contribution in [2.24, 2.45) is 11.8 Å². The molecule has 0 saturated heterocycles. The second-order valence-corrected chi connectivity index (χ2v) is 6.71. The molecule has 0 heterocycles. The molecule has 1 aromatic rings. The van der Waals surface area contributed by atoms with Gasteiger partial charge in [0.25, 0.3) is 0 Å². The van der Waals surface area contributed by atoms with E-state index in [9.17, 15) is 14.7 Å². The van der Waals surface area contributed by atoms with Crippen LogP contribution in [0.25, 0.3) is 0 Å². The van der Waals surface area contributed by atoms with E-state index >= 15 is 0 Å². The summed E-state index contributed by atoms with van der Waals surface area (Å²) < 4.78 is 5.36. The molecule has 0 aliphatic heterocycles. The first-order chi connectivity index (χ1) is 11.5. The Morgan fingerprint density at radius 1 is 1.29 bits per heavy atom. The number of unbranched alkanes of at least 4 members (excludes halogenated alkanes) is 1. The Morgan fingerprint density at radius 3 is 2.62 bits per heavy atom. The van der Waals surface area contributed by atoms with Gasteiger partial charge in [0, 0.05) is 25.2 Å². The summed E-state index contributed by atoms with van der Waals surface area (Å²) in [5.74, 6) is 0.0424. The van der Waals surface area contributed by atoms with Gasteiger partial charge in [0.05, 0.1) is 6.10 Å². The summed E-state index contributed by atoms with van der Waals surface area (Å²) in [6.45, 7) is 3.42. The number of aliphatic hydroxyl groups excluding tert-OH is 1. The Morgan fingerprint density at radius 2 is 2.00 bits per heavy atom. The number of Topliss-reactive ketones (excluding diaryl/α,β-unsaturated/α-hetero) is 1. The zero-order valence-electron chi connectivity index (χ0n) is 14.6. The summed E-state index contributed by atoms with van der Waals surface area (Å²) in [7, 11) is 0. The lowest BCUT2D eigenvalue weighted by molar-refractivity contribution is -0.148. The van der Waals surface area contributed by atoms with E-state index in [-0.39, 0.29) is 29.7 Å². The largest absolute Gasteiger partial charge is 0.462 e. The molecule has 132 valence electrons. The lowest BCUT2D eigenvalue weighted by Crippen LogP contribution is -2.24. The van der Waals surface area contributed by atoms with Crippen LogP contribution in [0.2, 0.25) is 0 Å². The highest BCUT2D eigenvalue weighted by molar-refractivity contribution is 5.84. The molecule has 4 atom stereocenters. The number of esters is 1. The van der Waals surface area contributed by atoms with Crippen molar-refractivity contribution in [1.82, 2.24) is 0 Å². The van der Waals surface area contributed by atoms with Gasteiger partial charge >= 0.3 is 5.97 Å². The van der Waals surface area contributed by atoms with E-state index in [1.165, 1.54) is 6.92 Å². The van der Waals surface area contributed by atoms with E-state index in [2.05, 4.69) is 0 Å². The van der Waals surface area contributed by atoms with Crippen molar-refractivity contribution < 1.29 is 19.4 Å². The van der Waals surface area contributed by atoms with Crippen LogP contribution in [-0.2, 0) is 14.3 Å². The smallest absolute Gasteiger partial charge is 0.302 e. The molecule has 0 aromatic heterocycles. The number of ketones is 1. The lowest BCUT2D eigenvalue weighted by Gasteiger charge is -2.23. The van der Waals surface area contributed by atoms with Crippen molar-refractivity contribution in [3.63, 3.8) is 0 Å². The topological polar surface area (TPSA) is 63.6 Å². The lowest BCUT2D eigenvalue weighted by atomic mass is 9.87. The van der Waals surface area contributed by atoms with Crippen molar-refractivity contribution in [1.29, 1.82) is 0 Å². The fourth-order valence-electron chi connectivity index (χ4n) is 3.82. The van der Waals surface area contributed by atoms with E-state index < -0.39 is 6.10 Å². The van der Waals surface area contributed by atoms with E-state index in [1.54, 1.807) is 0 Å². The summed E-state index contributed by atoms with van der Waals surface area (Å²) in [6.07, 6.45) is 3.84. The summed E-state index contributed by atoms with van der Waals surface area (Å²) in [4.78, 5) is 23.4. The van der Waals surface area contributed by atoms with Crippen LogP contribution in [-0.4, -0.2) is 23.0 Å². The zero-order chi connectivity index (χ0) is 17.5. The molecule has 2 rings (SSSR count). The molecule has 1 fully saturated rings. The van der Waals surface area contributed by atoms with Gasteiger partial charge in [0.15, 0.2) is 0 Å². The molecular weight excluding hydrogens is 304 g/mol. The second kappa shape index (κ2) is 8.97. The summed E-state index contributed by atoms with van der Waals surface area (Å²) >= 11 is 0. The Labute approximate surface area is 144 Å². The second-order valence-electron chi connectivity index (χ2n) is 6.71. The van der Waals surface area contributed by atoms with Gasteiger partial charge in [-0.25, -0.2) is 0 Å². The minimum absolute atomic E-state index is 0.00777. The van der Waals surface area contributed by atoms with E-state index in [0.717, 1.165) is 31.2 Å². The van der Waals surface area contributed by atoms with Crippen LogP contribution in [0.3, 0.4) is 0 Å². The maximum atomic E-state index is 12.1. The number of aliphatic hydroxyl groups is 1. The SMILES string of the molecule is CC[C@H]1C(=O)C[C@@H](OC(C)=O)[C@@H]1CCCCC(O)c1ccccc1. The van der Waals surface area contributed by atoms with Crippen molar-refractivity contribution in [3.05, 3.63) is 35.9 Å². The number of rotatable bonds is 8. The summed E-state index contributed by atoms with van der Waals surface area (Å²) in [5, 5.41) is 10.2. The molecule has 0 radical (unpaired) electrons. The highest BCUT2D eigenvalue weighted by atomic mass is 16.5. The van der Waals surface area contributed by atoms with Gasteiger partial charge in [-0.1, -0.05) is 50.1 Å². The molecule has 0 bridgehead atoms. The third-order valence-corrected chi connectivity index (χ3v) is 5.02. The maximum Gasteiger partial charge on any atom is 0.302 e. The molecule has 4 nitrogen and oxygen atoms in total. The van der Waals surface area contributed by atoms with Gasteiger partial charge in [-0.2, -0.15) is 0 Å².